The molecule has 0 aromatic carbocycles. The minimum absolute atomic E-state index is 0.0397. The molecule has 1 amide bonds. The Morgan fingerprint density at radius 2 is 2.07 bits per heavy atom. The monoisotopic (exact) mass is 416 g/mol. The normalized spacial score (nSPS) is 43.7. The summed E-state index contributed by atoms with van der Waals surface area (Å²) in [6.07, 6.45) is 3.86. The molecule has 8 unspecified atom stereocenters. The Labute approximate surface area is 183 Å². The van der Waals surface area contributed by atoms with Crippen LogP contribution >= 0.6 is 0 Å². The van der Waals surface area contributed by atoms with E-state index in [1.807, 2.05) is 0 Å². The molecule has 3 radical (unpaired) electrons. The highest BCUT2D eigenvalue weighted by atomic mass is 16.6. The van der Waals surface area contributed by atoms with Gasteiger partial charge in [-0.25, -0.2) is 4.79 Å². The van der Waals surface area contributed by atoms with Crippen LogP contribution in [0.3, 0.4) is 0 Å². The maximum Gasteiger partial charge on any atom is 0.409 e. The summed E-state index contributed by atoms with van der Waals surface area (Å²) in [6, 6.07) is 0. The molecule has 1 spiro atoms. The average Bonchev–Trinajstić information content (AvgIpc) is 3.55. The van der Waals surface area contributed by atoms with E-state index in [4.69, 9.17) is 26.7 Å². The Morgan fingerprint density at radius 1 is 1.33 bits per heavy atom. The van der Waals surface area contributed by atoms with Crippen molar-refractivity contribution in [1.82, 2.24) is 4.90 Å². The molecule has 8 heteroatoms. The van der Waals surface area contributed by atoms with Crippen LogP contribution in [0.1, 0.15) is 59.8 Å². The minimum Gasteiger partial charge on any atom is -0.443 e. The molecule has 4 rings (SSSR count). The highest BCUT2D eigenvalue weighted by molar-refractivity contribution is 6.90. The number of nitrogens with zero attached hydrogens (tertiary/aromatic N) is 1. The van der Waals surface area contributed by atoms with Gasteiger partial charge in [-0.3, -0.25) is 0 Å². The molecule has 0 aromatic heterocycles. The summed E-state index contributed by atoms with van der Waals surface area (Å²) in [5.74, 6) is 1.23. The van der Waals surface area contributed by atoms with Crippen molar-refractivity contribution in [2.75, 3.05) is 20.3 Å². The lowest BCUT2D eigenvalue weighted by Gasteiger charge is -2.43. The van der Waals surface area contributed by atoms with E-state index in [0.717, 1.165) is 38.7 Å². The standard InChI is InChI=1S/C22H36B2NO5/c1-13(2)14(3)11-16-21(4,30-16)19-18(27-5)15(8-9-22(19)12-28-22)29-20(26)25-10-6-7-17(25)24-23/h13-19H,6-12H2,1-5H3. The predicted molar refractivity (Wildman–Crippen MR) is 116 cm³/mol. The van der Waals surface area contributed by atoms with Crippen LogP contribution in [0.25, 0.3) is 0 Å². The van der Waals surface area contributed by atoms with Gasteiger partial charge in [0.25, 0.3) is 0 Å². The van der Waals surface area contributed by atoms with Gasteiger partial charge in [0.2, 0.25) is 0 Å². The van der Waals surface area contributed by atoms with Gasteiger partial charge in [-0.15, -0.1) is 0 Å². The Kier molecular flexibility index (Phi) is 6.24. The fraction of sp³-hybridized carbons (Fsp3) is 0.955. The smallest absolute Gasteiger partial charge is 0.409 e. The number of rotatable bonds is 7. The molecular formula is C22H36B2NO5. The van der Waals surface area contributed by atoms with Crippen molar-refractivity contribution >= 4 is 21.0 Å². The predicted octanol–water partition coefficient (Wildman–Crippen LogP) is 2.73. The molecule has 4 fully saturated rings. The molecule has 4 aliphatic rings. The number of carbonyl (C=O) groups is 1. The average molecular weight is 416 g/mol. The minimum atomic E-state index is -0.300. The molecule has 165 valence electrons. The Bertz CT molecular complexity index is 645. The molecule has 30 heavy (non-hydrogen) atoms. The van der Waals surface area contributed by atoms with Crippen LogP contribution in [0.2, 0.25) is 0 Å². The molecule has 3 heterocycles. The molecule has 0 bridgehead atoms. The van der Waals surface area contributed by atoms with Gasteiger partial charge >= 0.3 is 6.09 Å². The second kappa shape index (κ2) is 8.32. The zero-order valence-corrected chi connectivity index (χ0v) is 19.1. The summed E-state index contributed by atoms with van der Waals surface area (Å²) in [7, 11) is 9.03. The number of epoxide rings is 2. The molecule has 6 nitrogen and oxygen atoms in total. The third kappa shape index (κ3) is 3.93. The van der Waals surface area contributed by atoms with E-state index in [1.54, 1.807) is 19.2 Å². The molecule has 8 atom stereocenters. The summed E-state index contributed by atoms with van der Waals surface area (Å²) in [5, 5.41) is 0. The van der Waals surface area contributed by atoms with Crippen molar-refractivity contribution in [1.29, 1.82) is 0 Å². The first kappa shape index (κ1) is 22.5. The lowest BCUT2D eigenvalue weighted by Crippen LogP contribution is -2.56. The van der Waals surface area contributed by atoms with Gasteiger partial charge in [0.15, 0.2) is 0 Å². The first-order valence-electron chi connectivity index (χ1n) is 11.6. The molecule has 0 N–H and O–H groups in total. The molecule has 3 aliphatic heterocycles. The van der Waals surface area contributed by atoms with Crippen molar-refractivity contribution in [3.8, 4) is 0 Å². The molecular weight excluding hydrogens is 380 g/mol. The third-order valence-corrected chi connectivity index (χ3v) is 8.23. The van der Waals surface area contributed by atoms with Crippen LogP contribution in [0.4, 0.5) is 4.79 Å². The third-order valence-electron chi connectivity index (χ3n) is 8.23. The summed E-state index contributed by atoms with van der Waals surface area (Å²) in [6.45, 7) is 10.4. The van der Waals surface area contributed by atoms with Crippen LogP contribution < -0.4 is 0 Å². The maximum atomic E-state index is 12.9. The lowest BCUT2D eigenvalue weighted by molar-refractivity contribution is -0.121. The van der Waals surface area contributed by atoms with Crippen molar-refractivity contribution < 1.29 is 23.7 Å². The number of methoxy groups -OCH3 is 1. The topological polar surface area (TPSA) is 63.8 Å². The van der Waals surface area contributed by atoms with E-state index in [0.29, 0.717) is 18.4 Å². The quantitative estimate of drug-likeness (QED) is 0.472. The van der Waals surface area contributed by atoms with Crippen LogP contribution in [0.15, 0.2) is 0 Å². The summed E-state index contributed by atoms with van der Waals surface area (Å²) >= 11 is 0. The van der Waals surface area contributed by atoms with Crippen molar-refractivity contribution in [2.45, 2.75) is 95.3 Å². The second-order valence-electron chi connectivity index (χ2n) is 10.3. The van der Waals surface area contributed by atoms with Crippen molar-refractivity contribution in [2.24, 2.45) is 17.8 Å². The van der Waals surface area contributed by atoms with E-state index < -0.39 is 0 Å². The van der Waals surface area contributed by atoms with Gasteiger partial charge in [0.1, 0.15) is 23.4 Å². The van der Waals surface area contributed by atoms with Gasteiger partial charge < -0.3 is 23.8 Å². The second-order valence-corrected chi connectivity index (χ2v) is 10.3. The SMILES string of the molecule is [B][B]C1CCCN1C(=O)OC1CCC2(CO2)C(C2(C)OC2CC(C)C(C)C)C1OC. The van der Waals surface area contributed by atoms with E-state index >= 15 is 0 Å². The number of hydrogen-bond donors (Lipinski definition) is 0. The lowest BCUT2D eigenvalue weighted by atomic mass is 9.50. The van der Waals surface area contributed by atoms with Crippen LogP contribution in [0, 0.1) is 17.8 Å². The first-order valence-corrected chi connectivity index (χ1v) is 11.6. The van der Waals surface area contributed by atoms with Gasteiger partial charge in [-0.1, -0.05) is 20.8 Å². The number of ether oxygens (including phenoxy) is 4. The molecule has 1 aliphatic carbocycles. The number of carbonyl (C=O) groups excluding carboxylic acids is 1. The zero-order valence-electron chi connectivity index (χ0n) is 19.1. The van der Waals surface area contributed by atoms with Gasteiger partial charge in [0, 0.05) is 21.4 Å². The number of amides is 1. The maximum absolute atomic E-state index is 12.9. The molecule has 0 aromatic rings. The highest BCUT2D eigenvalue weighted by Gasteiger charge is 2.72. The number of likely N-dealkylation sites (tertiary alicyclic amines) is 1. The van der Waals surface area contributed by atoms with Crippen LogP contribution in [0.5, 0.6) is 0 Å². The van der Waals surface area contributed by atoms with E-state index in [2.05, 4.69) is 27.7 Å². The van der Waals surface area contributed by atoms with Gasteiger partial charge in [-0.2, -0.15) is 0 Å². The zero-order chi connectivity index (χ0) is 21.7. The Morgan fingerprint density at radius 3 is 2.67 bits per heavy atom. The fourth-order valence-electron chi connectivity index (χ4n) is 5.75. The van der Waals surface area contributed by atoms with Gasteiger partial charge in [-0.05, 0) is 56.8 Å². The van der Waals surface area contributed by atoms with Crippen LogP contribution in [-0.4, -0.2) is 81.6 Å². The molecule has 3 saturated heterocycles. The van der Waals surface area contributed by atoms with Crippen LogP contribution in [-0.2, 0) is 18.9 Å². The number of hydrogen-bond acceptors (Lipinski definition) is 5. The van der Waals surface area contributed by atoms with Crippen molar-refractivity contribution in [3.05, 3.63) is 0 Å². The van der Waals surface area contributed by atoms with E-state index in [-0.39, 0.29) is 47.5 Å². The van der Waals surface area contributed by atoms with E-state index in [9.17, 15) is 4.79 Å². The fourth-order valence-corrected chi connectivity index (χ4v) is 5.75. The summed E-state index contributed by atoms with van der Waals surface area (Å²) in [5.41, 5.74) is -0.498. The summed E-state index contributed by atoms with van der Waals surface area (Å²) in [4.78, 5) is 14.6. The van der Waals surface area contributed by atoms with Gasteiger partial charge in [0.05, 0.1) is 25.8 Å². The first-order chi connectivity index (χ1) is 14.3. The van der Waals surface area contributed by atoms with Crippen molar-refractivity contribution in [3.63, 3.8) is 0 Å². The Hall–Kier alpha value is -0.720. The Balaban J connectivity index is 1.47. The summed E-state index contributed by atoms with van der Waals surface area (Å²) < 4.78 is 24.3. The highest BCUT2D eigenvalue weighted by Crippen LogP contribution is 2.60. The largest absolute Gasteiger partial charge is 0.443 e. The molecule has 1 saturated carbocycles. The van der Waals surface area contributed by atoms with E-state index in [1.165, 1.54) is 0 Å².